The Bertz CT molecular complexity index is 839. The van der Waals surface area contributed by atoms with E-state index in [-0.39, 0.29) is 24.1 Å². The molecule has 0 aliphatic rings. The summed E-state index contributed by atoms with van der Waals surface area (Å²) in [5, 5.41) is 3.82. The van der Waals surface area contributed by atoms with Gasteiger partial charge in [-0.3, -0.25) is 9.59 Å². The second-order valence-electron chi connectivity index (χ2n) is 7.17. The number of halogens is 2. The monoisotopic (exact) mass is 466 g/mol. The van der Waals surface area contributed by atoms with Crippen LogP contribution >= 0.6 is 35.0 Å². The lowest BCUT2D eigenvalue weighted by Gasteiger charge is -2.29. The van der Waals surface area contributed by atoms with Crippen LogP contribution in [-0.2, 0) is 21.9 Å². The molecular formula is C23H28Cl2N2O2S. The van der Waals surface area contributed by atoms with Crippen LogP contribution in [0.15, 0.2) is 42.5 Å². The van der Waals surface area contributed by atoms with Gasteiger partial charge >= 0.3 is 0 Å². The van der Waals surface area contributed by atoms with Crippen molar-refractivity contribution in [3.63, 3.8) is 0 Å². The molecule has 162 valence electrons. The van der Waals surface area contributed by atoms with E-state index < -0.39 is 6.04 Å². The zero-order valence-corrected chi connectivity index (χ0v) is 19.9. The summed E-state index contributed by atoms with van der Waals surface area (Å²) in [6.45, 7) is 6.52. The largest absolute Gasteiger partial charge is 0.354 e. The highest BCUT2D eigenvalue weighted by atomic mass is 35.5. The molecule has 2 rings (SSSR count). The molecule has 0 saturated carbocycles. The fraction of sp³-hybridized carbons (Fsp3) is 0.391. The Morgan fingerprint density at radius 1 is 1.10 bits per heavy atom. The second-order valence-corrected chi connectivity index (χ2v) is 8.97. The third-order valence-electron chi connectivity index (χ3n) is 4.72. The van der Waals surface area contributed by atoms with E-state index in [4.69, 9.17) is 23.2 Å². The molecule has 4 nitrogen and oxygen atoms in total. The number of aryl methyl sites for hydroxylation is 1. The molecule has 1 atom stereocenters. The van der Waals surface area contributed by atoms with Crippen molar-refractivity contribution in [2.24, 2.45) is 0 Å². The van der Waals surface area contributed by atoms with Gasteiger partial charge in [0.15, 0.2) is 0 Å². The van der Waals surface area contributed by atoms with Crippen molar-refractivity contribution in [2.75, 3.05) is 12.3 Å². The molecule has 0 spiro atoms. The van der Waals surface area contributed by atoms with E-state index in [1.54, 1.807) is 30.0 Å². The Labute approximate surface area is 193 Å². The van der Waals surface area contributed by atoms with Crippen LogP contribution in [0.3, 0.4) is 0 Å². The summed E-state index contributed by atoms with van der Waals surface area (Å²) < 4.78 is 0. The van der Waals surface area contributed by atoms with E-state index in [0.29, 0.717) is 22.2 Å². The molecule has 0 aromatic heterocycles. The van der Waals surface area contributed by atoms with Gasteiger partial charge in [0.2, 0.25) is 11.8 Å². The summed E-state index contributed by atoms with van der Waals surface area (Å²) in [6, 6.07) is 12.8. The SMILES string of the molecule is CCCNC(=O)[C@H](C)N(Cc1c(Cl)cccc1Cl)C(=O)CSCc1ccc(C)cc1. The number of hydrogen-bond acceptors (Lipinski definition) is 3. The predicted molar refractivity (Wildman–Crippen MR) is 127 cm³/mol. The second kappa shape index (κ2) is 12.2. The summed E-state index contributed by atoms with van der Waals surface area (Å²) in [4.78, 5) is 27.2. The lowest BCUT2D eigenvalue weighted by atomic mass is 10.1. The van der Waals surface area contributed by atoms with E-state index in [1.165, 1.54) is 17.3 Å². The molecule has 0 heterocycles. The number of hydrogen-bond donors (Lipinski definition) is 1. The maximum Gasteiger partial charge on any atom is 0.242 e. The standard InChI is InChI=1S/C23H28Cl2N2O2S/c1-4-12-26-23(29)17(3)27(13-19-20(24)6-5-7-21(19)25)22(28)15-30-14-18-10-8-16(2)9-11-18/h5-11,17H,4,12-15H2,1-3H3,(H,26,29)/t17-/m0/s1. The van der Waals surface area contributed by atoms with Crippen molar-refractivity contribution in [1.29, 1.82) is 0 Å². The molecule has 2 amide bonds. The zero-order valence-electron chi connectivity index (χ0n) is 17.6. The third kappa shape index (κ3) is 7.22. The minimum absolute atomic E-state index is 0.123. The maximum atomic E-state index is 13.1. The first kappa shape index (κ1) is 24.6. The van der Waals surface area contributed by atoms with Gasteiger partial charge in [0.1, 0.15) is 6.04 Å². The summed E-state index contributed by atoms with van der Waals surface area (Å²) in [6.07, 6.45) is 0.829. The molecule has 0 aliphatic carbocycles. The fourth-order valence-electron chi connectivity index (χ4n) is 2.86. The van der Waals surface area contributed by atoms with Gasteiger partial charge in [0.25, 0.3) is 0 Å². The minimum atomic E-state index is -0.628. The number of amides is 2. The van der Waals surface area contributed by atoms with E-state index in [0.717, 1.165) is 17.7 Å². The van der Waals surface area contributed by atoms with E-state index in [1.807, 2.05) is 13.8 Å². The van der Waals surface area contributed by atoms with Crippen molar-refractivity contribution < 1.29 is 9.59 Å². The Balaban J connectivity index is 2.11. The van der Waals surface area contributed by atoms with Gasteiger partial charge in [-0.1, -0.05) is 66.0 Å². The molecular weight excluding hydrogens is 439 g/mol. The highest BCUT2D eigenvalue weighted by Crippen LogP contribution is 2.27. The minimum Gasteiger partial charge on any atom is -0.354 e. The number of rotatable bonds is 10. The van der Waals surface area contributed by atoms with E-state index >= 15 is 0 Å². The number of nitrogens with one attached hydrogen (secondary N) is 1. The predicted octanol–water partition coefficient (Wildman–Crippen LogP) is 5.48. The van der Waals surface area contributed by atoms with Gasteiger partial charge in [-0.25, -0.2) is 0 Å². The van der Waals surface area contributed by atoms with Crippen LogP contribution in [0.5, 0.6) is 0 Å². The number of carbonyl (C=O) groups is 2. The average Bonchev–Trinajstić information content (AvgIpc) is 2.72. The first-order valence-electron chi connectivity index (χ1n) is 9.96. The van der Waals surface area contributed by atoms with Crippen LogP contribution in [0.4, 0.5) is 0 Å². The molecule has 0 saturated heterocycles. The van der Waals surface area contributed by atoms with Crippen molar-refractivity contribution >= 4 is 46.8 Å². The lowest BCUT2D eigenvalue weighted by molar-refractivity contribution is -0.138. The van der Waals surface area contributed by atoms with E-state index in [2.05, 4.69) is 29.6 Å². The van der Waals surface area contributed by atoms with Gasteiger partial charge in [-0.05, 0) is 38.0 Å². The normalized spacial score (nSPS) is 11.8. The fourth-order valence-corrected chi connectivity index (χ4v) is 4.24. The smallest absolute Gasteiger partial charge is 0.242 e. The van der Waals surface area contributed by atoms with Gasteiger partial charge in [0, 0.05) is 34.5 Å². The summed E-state index contributed by atoms with van der Waals surface area (Å²) >= 11 is 14.2. The quantitative estimate of drug-likeness (QED) is 0.504. The van der Waals surface area contributed by atoms with Crippen LogP contribution in [0, 0.1) is 6.92 Å². The Kier molecular flexibility index (Phi) is 10.0. The van der Waals surface area contributed by atoms with Crippen LogP contribution in [0.2, 0.25) is 10.0 Å². The average molecular weight is 467 g/mol. The van der Waals surface area contributed by atoms with Gasteiger partial charge in [-0.15, -0.1) is 11.8 Å². The van der Waals surface area contributed by atoms with Crippen molar-refractivity contribution in [2.45, 2.75) is 45.5 Å². The van der Waals surface area contributed by atoms with Gasteiger partial charge in [0.05, 0.1) is 5.75 Å². The van der Waals surface area contributed by atoms with Crippen LogP contribution in [-0.4, -0.2) is 35.1 Å². The number of carbonyl (C=O) groups excluding carboxylic acids is 2. The van der Waals surface area contributed by atoms with Crippen molar-refractivity contribution in [3.05, 3.63) is 69.2 Å². The first-order chi connectivity index (χ1) is 14.3. The molecule has 0 radical (unpaired) electrons. The Morgan fingerprint density at radius 2 is 1.73 bits per heavy atom. The Hall–Kier alpha value is -1.69. The van der Waals surface area contributed by atoms with Crippen LogP contribution < -0.4 is 5.32 Å². The number of thioether (sulfide) groups is 1. The molecule has 30 heavy (non-hydrogen) atoms. The summed E-state index contributed by atoms with van der Waals surface area (Å²) in [5.41, 5.74) is 3.01. The van der Waals surface area contributed by atoms with Crippen LogP contribution in [0.25, 0.3) is 0 Å². The zero-order chi connectivity index (χ0) is 22.1. The summed E-state index contributed by atoms with van der Waals surface area (Å²) in [5.74, 6) is 0.684. The molecule has 0 fully saturated rings. The highest BCUT2D eigenvalue weighted by Gasteiger charge is 2.27. The lowest BCUT2D eigenvalue weighted by Crippen LogP contribution is -2.48. The van der Waals surface area contributed by atoms with Gasteiger partial charge in [-0.2, -0.15) is 0 Å². The first-order valence-corrected chi connectivity index (χ1v) is 11.9. The van der Waals surface area contributed by atoms with Crippen molar-refractivity contribution in [1.82, 2.24) is 10.2 Å². The molecule has 0 bridgehead atoms. The molecule has 7 heteroatoms. The highest BCUT2D eigenvalue weighted by molar-refractivity contribution is 7.99. The topological polar surface area (TPSA) is 49.4 Å². The molecule has 0 aliphatic heterocycles. The van der Waals surface area contributed by atoms with E-state index in [9.17, 15) is 9.59 Å². The van der Waals surface area contributed by atoms with Gasteiger partial charge < -0.3 is 10.2 Å². The number of benzene rings is 2. The summed E-state index contributed by atoms with van der Waals surface area (Å²) in [7, 11) is 0. The maximum absolute atomic E-state index is 13.1. The van der Waals surface area contributed by atoms with Crippen LogP contribution in [0.1, 0.15) is 37.0 Å². The third-order valence-corrected chi connectivity index (χ3v) is 6.42. The van der Waals surface area contributed by atoms with Crippen molar-refractivity contribution in [3.8, 4) is 0 Å². The molecule has 0 unspecified atom stereocenters. The molecule has 2 aromatic rings. The molecule has 2 aromatic carbocycles. The molecule has 1 N–H and O–H groups in total. The number of nitrogens with zero attached hydrogens (tertiary/aromatic N) is 1. The Morgan fingerprint density at radius 3 is 2.33 bits per heavy atom.